The second-order valence-corrected chi connectivity index (χ2v) is 16.5. The molecule has 4 rings (SSSR count). The maximum Gasteiger partial charge on any atom is 0.220 e. The largest absolute Gasteiger partial charge is 0.393 e. The van der Waals surface area contributed by atoms with E-state index in [1.54, 1.807) is 0 Å². The van der Waals surface area contributed by atoms with Gasteiger partial charge in [-0.2, -0.15) is 0 Å². The Morgan fingerprint density at radius 3 is 2.04 bits per heavy atom. The van der Waals surface area contributed by atoms with E-state index in [2.05, 4.69) is 52.7 Å². The first-order valence-corrected chi connectivity index (χ1v) is 19.4. The molecule has 0 heterocycles. The Bertz CT molecular complexity index is 942. The molecule has 0 spiro atoms. The number of aliphatic hydroxyl groups is 2. The van der Waals surface area contributed by atoms with Gasteiger partial charge in [0.25, 0.3) is 0 Å². The van der Waals surface area contributed by atoms with Gasteiger partial charge in [-0.3, -0.25) is 4.79 Å². The van der Waals surface area contributed by atoms with Crippen LogP contribution >= 0.6 is 0 Å². The van der Waals surface area contributed by atoms with Crippen LogP contribution in [0.5, 0.6) is 0 Å². The molecule has 0 saturated heterocycles. The highest BCUT2D eigenvalue weighted by Gasteiger charge is 2.65. The van der Waals surface area contributed by atoms with E-state index >= 15 is 0 Å². The Morgan fingerprint density at radius 2 is 1.43 bits per heavy atom. The lowest BCUT2D eigenvalue weighted by Crippen LogP contribution is -2.62. The molecule has 11 atom stereocenters. The van der Waals surface area contributed by atoms with Crippen LogP contribution in [0.2, 0.25) is 0 Å². The first kappa shape index (κ1) is 38.9. The molecule has 1 amide bonds. The summed E-state index contributed by atoms with van der Waals surface area (Å²) >= 11 is 0. The van der Waals surface area contributed by atoms with Crippen LogP contribution < -0.4 is 37.6 Å². The molecular weight excluding hydrogens is 590 g/mol. The number of carbonyl (C=O) groups excluding carboxylic acids is 1. The van der Waals surface area contributed by atoms with Crippen molar-refractivity contribution < 1.29 is 15.0 Å². The topological polar surface area (TPSA) is 156 Å². The van der Waals surface area contributed by atoms with Crippen LogP contribution in [0, 0.1) is 46.3 Å². The Balaban J connectivity index is 1.19. The number of hydrogen-bond acceptors (Lipinski definition) is 9. The van der Waals surface area contributed by atoms with Crippen molar-refractivity contribution in [2.24, 2.45) is 52.1 Å². The molecule has 47 heavy (non-hydrogen) atoms. The van der Waals surface area contributed by atoms with Crippen LogP contribution in [-0.4, -0.2) is 106 Å². The molecule has 4 aliphatic carbocycles. The van der Waals surface area contributed by atoms with Crippen molar-refractivity contribution in [1.29, 1.82) is 0 Å². The van der Waals surface area contributed by atoms with Crippen molar-refractivity contribution in [3.63, 3.8) is 0 Å². The number of nitrogens with one attached hydrogen (secondary N) is 6. The van der Waals surface area contributed by atoms with E-state index in [1.807, 2.05) is 13.8 Å². The van der Waals surface area contributed by atoms with E-state index in [0.717, 1.165) is 97.4 Å². The minimum absolute atomic E-state index is 0.134. The van der Waals surface area contributed by atoms with E-state index in [4.69, 9.17) is 5.73 Å². The van der Waals surface area contributed by atoms with Crippen LogP contribution in [0.1, 0.15) is 92.4 Å². The summed E-state index contributed by atoms with van der Waals surface area (Å²) in [5.74, 6) is 2.43. The van der Waals surface area contributed by atoms with E-state index in [9.17, 15) is 15.0 Å². The molecule has 274 valence electrons. The van der Waals surface area contributed by atoms with Crippen LogP contribution in [-0.2, 0) is 4.79 Å². The number of nitrogens with two attached hydrogens (primary N) is 1. The molecule has 4 aliphatic rings. The summed E-state index contributed by atoms with van der Waals surface area (Å²) in [6.45, 7) is 20.4. The first-order valence-electron chi connectivity index (χ1n) is 19.4. The summed E-state index contributed by atoms with van der Waals surface area (Å²) in [5, 5.41) is 44.4. The Morgan fingerprint density at radius 1 is 0.809 bits per heavy atom. The fourth-order valence-corrected chi connectivity index (χ4v) is 10.8. The number of amides is 1. The number of fused-ring (bicyclic) bond motifs is 5. The molecule has 0 aromatic rings. The average molecular weight is 664 g/mol. The summed E-state index contributed by atoms with van der Waals surface area (Å²) < 4.78 is 0. The summed E-state index contributed by atoms with van der Waals surface area (Å²) in [4.78, 5) is 12.4. The third-order valence-corrected chi connectivity index (χ3v) is 13.3. The molecule has 5 unspecified atom stereocenters. The van der Waals surface area contributed by atoms with E-state index in [0.29, 0.717) is 48.6 Å². The molecule has 0 aromatic heterocycles. The lowest BCUT2D eigenvalue weighted by molar-refractivity contribution is -0.202. The standard InChI is InChI=1S/C37H73N7O3/c1-25(2)44-34(47)9-6-26(3)29-7-8-30-35-31(24-33(46)37(29,30)5)36(4)11-10-28(22-27(36)23-32(35)45)43-21-20-42-19-18-41-17-16-40-15-14-39-13-12-38/h25-33,35,39-43,45-46H,6-24,38H2,1-5H3,(H,44,47)/t26-,27?,28+,29?,30?,31?,32-,33+,35?,36+,37-/m1/s1. The van der Waals surface area contributed by atoms with Gasteiger partial charge in [-0.05, 0) is 112 Å². The van der Waals surface area contributed by atoms with Gasteiger partial charge < -0.3 is 47.8 Å². The van der Waals surface area contributed by atoms with Crippen LogP contribution in [0.25, 0.3) is 0 Å². The van der Waals surface area contributed by atoms with Gasteiger partial charge in [0.15, 0.2) is 0 Å². The predicted molar refractivity (Wildman–Crippen MR) is 192 cm³/mol. The average Bonchev–Trinajstić information content (AvgIpc) is 3.39. The number of hydrogen-bond donors (Lipinski definition) is 9. The van der Waals surface area contributed by atoms with Crippen LogP contribution in [0.3, 0.4) is 0 Å². The maximum absolute atomic E-state index is 12.4. The van der Waals surface area contributed by atoms with Gasteiger partial charge in [0, 0.05) is 84.0 Å². The van der Waals surface area contributed by atoms with E-state index in [-0.39, 0.29) is 40.9 Å². The molecular formula is C37H73N7O3. The van der Waals surface area contributed by atoms with Gasteiger partial charge in [-0.1, -0.05) is 20.8 Å². The minimum Gasteiger partial charge on any atom is -0.393 e. The smallest absolute Gasteiger partial charge is 0.220 e. The second kappa shape index (κ2) is 18.4. The molecule has 10 nitrogen and oxygen atoms in total. The normalized spacial score (nSPS) is 37.3. The molecule has 0 aliphatic heterocycles. The van der Waals surface area contributed by atoms with Crippen molar-refractivity contribution in [3.05, 3.63) is 0 Å². The third-order valence-electron chi connectivity index (χ3n) is 13.3. The quantitative estimate of drug-likeness (QED) is 0.0888. The molecule has 10 N–H and O–H groups in total. The lowest BCUT2D eigenvalue weighted by Gasteiger charge is -2.63. The highest BCUT2D eigenvalue weighted by molar-refractivity contribution is 5.76. The first-order chi connectivity index (χ1) is 22.5. The SMILES string of the molecule is CC(C)NC(=O)CC[C@@H](C)C1CCC2C3C(C[C@H](O)[C@@]21C)[C@@]1(C)CC[C@H](NCCNCCNCCNCCNCCN)CC1C[C@H]3O. The van der Waals surface area contributed by atoms with Crippen molar-refractivity contribution in [1.82, 2.24) is 31.9 Å². The van der Waals surface area contributed by atoms with Crippen LogP contribution in [0.15, 0.2) is 0 Å². The van der Waals surface area contributed by atoms with Crippen molar-refractivity contribution >= 4 is 5.91 Å². The number of carbonyl (C=O) groups is 1. The second-order valence-electron chi connectivity index (χ2n) is 16.5. The summed E-state index contributed by atoms with van der Waals surface area (Å²) in [6, 6.07) is 0.672. The molecule has 0 radical (unpaired) electrons. The van der Waals surface area contributed by atoms with Gasteiger partial charge in [-0.25, -0.2) is 0 Å². The fraction of sp³-hybridized carbons (Fsp3) is 0.973. The molecule has 10 heteroatoms. The van der Waals surface area contributed by atoms with Gasteiger partial charge >= 0.3 is 0 Å². The van der Waals surface area contributed by atoms with Gasteiger partial charge in [0.1, 0.15) is 0 Å². The Kier molecular flexibility index (Phi) is 15.3. The van der Waals surface area contributed by atoms with Crippen LogP contribution in [0.4, 0.5) is 0 Å². The predicted octanol–water partition coefficient (Wildman–Crippen LogP) is 1.80. The highest BCUT2D eigenvalue weighted by Crippen LogP contribution is 2.68. The molecule has 4 saturated carbocycles. The summed E-state index contributed by atoms with van der Waals surface area (Å²) in [5.41, 5.74) is 5.48. The van der Waals surface area contributed by atoms with Crippen molar-refractivity contribution in [3.8, 4) is 0 Å². The zero-order valence-electron chi connectivity index (χ0n) is 30.6. The third kappa shape index (κ3) is 9.69. The van der Waals surface area contributed by atoms with E-state index in [1.165, 1.54) is 12.8 Å². The minimum atomic E-state index is -0.340. The summed E-state index contributed by atoms with van der Waals surface area (Å²) in [6.07, 6.45) is 8.19. The van der Waals surface area contributed by atoms with Crippen molar-refractivity contribution in [2.75, 3.05) is 65.4 Å². The zero-order chi connectivity index (χ0) is 34.0. The molecule has 4 fully saturated rings. The Labute approximate surface area is 286 Å². The van der Waals surface area contributed by atoms with Gasteiger partial charge in [0.05, 0.1) is 12.2 Å². The monoisotopic (exact) mass is 664 g/mol. The summed E-state index contributed by atoms with van der Waals surface area (Å²) in [7, 11) is 0. The van der Waals surface area contributed by atoms with Crippen molar-refractivity contribution in [2.45, 2.75) is 117 Å². The Hall–Kier alpha value is -0.850. The van der Waals surface area contributed by atoms with Gasteiger partial charge in [-0.15, -0.1) is 0 Å². The number of rotatable bonds is 20. The molecule has 0 aromatic carbocycles. The van der Waals surface area contributed by atoms with E-state index < -0.39 is 0 Å². The highest BCUT2D eigenvalue weighted by atomic mass is 16.3. The van der Waals surface area contributed by atoms with Gasteiger partial charge in [0.2, 0.25) is 5.91 Å². The number of aliphatic hydroxyl groups excluding tert-OH is 2. The zero-order valence-corrected chi connectivity index (χ0v) is 30.6. The lowest BCUT2D eigenvalue weighted by atomic mass is 9.43. The maximum atomic E-state index is 12.4. The fourth-order valence-electron chi connectivity index (χ4n) is 10.8. The molecule has 0 bridgehead atoms.